The lowest BCUT2D eigenvalue weighted by atomic mass is 10.1. The van der Waals surface area contributed by atoms with Crippen molar-refractivity contribution in [2.45, 2.75) is 19.5 Å². The van der Waals surface area contributed by atoms with Gasteiger partial charge in [-0.2, -0.15) is 0 Å². The van der Waals surface area contributed by atoms with Crippen LogP contribution < -0.4 is 14.8 Å². The predicted molar refractivity (Wildman–Crippen MR) is 82.9 cm³/mol. The number of hydrogen-bond donors (Lipinski definition) is 2. The Hall–Kier alpha value is -2.20. The molecule has 4 heteroatoms. The minimum atomic E-state index is 0.103. The summed E-state index contributed by atoms with van der Waals surface area (Å²) < 4.78 is 10.5. The van der Waals surface area contributed by atoms with E-state index in [1.165, 1.54) is 0 Å². The number of ether oxygens (including phenoxy) is 2. The molecule has 112 valence electrons. The van der Waals surface area contributed by atoms with Crippen molar-refractivity contribution in [3.63, 3.8) is 0 Å². The van der Waals surface area contributed by atoms with E-state index in [1.54, 1.807) is 20.3 Å². The third-order valence-corrected chi connectivity index (χ3v) is 3.51. The highest BCUT2D eigenvalue weighted by molar-refractivity contribution is 5.45. The molecular weight excluding hydrogens is 266 g/mol. The summed E-state index contributed by atoms with van der Waals surface area (Å²) in [5.41, 5.74) is 1.89. The summed E-state index contributed by atoms with van der Waals surface area (Å²) >= 11 is 0. The molecule has 0 fully saturated rings. The first-order valence-electron chi connectivity index (χ1n) is 6.88. The molecule has 2 rings (SSSR count). The average molecular weight is 287 g/mol. The molecule has 0 aliphatic heterocycles. The minimum absolute atomic E-state index is 0.103. The molecule has 0 spiro atoms. The molecule has 0 bridgehead atoms. The van der Waals surface area contributed by atoms with Crippen LogP contribution in [0.25, 0.3) is 0 Å². The van der Waals surface area contributed by atoms with Gasteiger partial charge in [-0.15, -0.1) is 0 Å². The molecule has 0 radical (unpaired) electrons. The van der Waals surface area contributed by atoms with Gasteiger partial charge in [-0.05, 0) is 19.1 Å². The number of aromatic hydroxyl groups is 1. The van der Waals surface area contributed by atoms with Crippen molar-refractivity contribution < 1.29 is 14.6 Å². The Bertz CT molecular complexity index is 598. The maximum atomic E-state index is 10.1. The van der Waals surface area contributed by atoms with Gasteiger partial charge in [0.1, 0.15) is 5.75 Å². The standard InChI is InChI=1S/C17H21NO3/c1-12(14-8-4-5-9-15(14)20-2)18-11-13-7-6-10-16(21-3)17(13)19/h4-10,12,18-19H,11H2,1-3H3. The van der Waals surface area contributed by atoms with Crippen LogP contribution in [0.4, 0.5) is 0 Å². The van der Waals surface area contributed by atoms with Gasteiger partial charge in [-0.1, -0.05) is 30.3 Å². The summed E-state index contributed by atoms with van der Waals surface area (Å²) in [6.45, 7) is 2.61. The molecule has 0 aliphatic rings. The monoisotopic (exact) mass is 287 g/mol. The van der Waals surface area contributed by atoms with Crippen molar-refractivity contribution in [1.29, 1.82) is 0 Å². The minimum Gasteiger partial charge on any atom is -0.504 e. The van der Waals surface area contributed by atoms with Crippen LogP contribution >= 0.6 is 0 Å². The van der Waals surface area contributed by atoms with Crippen LogP contribution in [0.1, 0.15) is 24.1 Å². The lowest BCUT2D eigenvalue weighted by Gasteiger charge is -2.18. The number of para-hydroxylation sites is 2. The van der Waals surface area contributed by atoms with E-state index in [1.807, 2.05) is 36.4 Å². The Kier molecular flexibility index (Phi) is 5.06. The highest BCUT2D eigenvalue weighted by Gasteiger charge is 2.12. The normalized spacial score (nSPS) is 12.0. The van der Waals surface area contributed by atoms with Crippen LogP contribution in [-0.4, -0.2) is 19.3 Å². The highest BCUT2D eigenvalue weighted by atomic mass is 16.5. The first-order chi connectivity index (χ1) is 10.2. The van der Waals surface area contributed by atoms with Gasteiger partial charge in [-0.25, -0.2) is 0 Å². The third-order valence-electron chi connectivity index (χ3n) is 3.51. The zero-order valence-corrected chi connectivity index (χ0v) is 12.6. The first-order valence-corrected chi connectivity index (χ1v) is 6.88. The van der Waals surface area contributed by atoms with E-state index in [-0.39, 0.29) is 11.8 Å². The molecule has 21 heavy (non-hydrogen) atoms. The molecule has 1 unspecified atom stereocenters. The van der Waals surface area contributed by atoms with Gasteiger partial charge in [0.25, 0.3) is 0 Å². The van der Waals surface area contributed by atoms with Gasteiger partial charge < -0.3 is 19.9 Å². The zero-order valence-electron chi connectivity index (χ0n) is 12.6. The molecular formula is C17H21NO3. The molecule has 2 aromatic rings. The molecule has 4 nitrogen and oxygen atoms in total. The van der Waals surface area contributed by atoms with Crippen LogP contribution in [0.3, 0.4) is 0 Å². The van der Waals surface area contributed by atoms with E-state index in [0.717, 1.165) is 16.9 Å². The van der Waals surface area contributed by atoms with E-state index in [0.29, 0.717) is 12.3 Å². The van der Waals surface area contributed by atoms with Crippen LogP contribution in [0.2, 0.25) is 0 Å². The smallest absolute Gasteiger partial charge is 0.162 e. The molecule has 0 heterocycles. The van der Waals surface area contributed by atoms with Gasteiger partial charge in [0.15, 0.2) is 11.5 Å². The Morgan fingerprint density at radius 1 is 1.00 bits per heavy atom. The van der Waals surface area contributed by atoms with Gasteiger partial charge in [0.2, 0.25) is 0 Å². The van der Waals surface area contributed by atoms with Crippen molar-refractivity contribution in [3.05, 3.63) is 53.6 Å². The van der Waals surface area contributed by atoms with Crippen LogP contribution in [0, 0.1) is 0 Å². The largest absolute Gasteiger partial charge is 0.504 e. The molecule has 0 amide bonds. The fraction of sp³-hybridized carbons (Fsp3) is 0.294. The summed E-state index contributed by atoms with van der Waals surface area (Å²) in [6.07, 6.45) is 0. The molecule has 2 aromatic carbocycles. The molecule has 0 saturated carbocycles. The van der Waals surface area contributed by atoms with Crippen molar-refractivity contribution in [2.75, 3.05) is 14.2 Å². The SMILES string of the molecule is COc1ccccc1C(C)NCc1cccc(OC)c1O. The second-order valence-corrected chi connectivity index (χ2v) is 4.81. The number of phenolic OH excluding ortho intramolecular Hbond substituents is 1. The molecule has 0 aliphatic carbocycles. The molecule has 0 saturated heterocycles. The van der Waals surface area contributed by atoms with Gasteiger partial charge in [0, 0.05) is 23.7 Å². The average Bonchev–Trinajstić information content (AvgIpc) is 2.53. The van der Waals surface area contributed by atoms with Crippen LogP contribution in [0.15, 0.2) is 42.5 Å². The summed E-state index contributed by atoms with van der Waals surface area (Å²) in [7, 11) is 3.21. The van der Waals surface area contributed by atoms with Crippen molar-refractivity contribution in [1.82, 2.24) is 5.32 Å². The second-order valence-electron chi connectivity index (χ2n) is 4.81. The maximum absolute atomic E-state index is 10.1. The fourth-order valence-corrected chi connectivity index (χ4v) is 2.27. The van der Waals surface area contributed by atoms with Crippen molar-refractivity contribution in [2.24, 2.45) is 0 Å². The third kappa shape index (κ3) is 3.47. The quantitative estimate of drug-likeness (QED) is 0.856. The number of hydrogen-bond acceptors (Lipinski definition) is 4. The number of phenols is 1. The van der Waals surface area contributed by atoms with E-state index in [4.69, 9.17) is 9.47 Å². The lowest BCUT2D eigenvalue weighted by molar-refractivity contribution is 0.368. The van der Waals surface area contributed by atoms with Crippen molar-refractivity contribution in [3.8, 4) is 17.2 Å². The van der Waals surface area contributed by atoms with E-state index in [2.05, 4.69) is 12.2 Å². The zero-order chi connectivity index (χ0) is 15.2. The Morgan fingerprint density at radius 3 is 2.38 bits per heavy atom. The predicted octanol–water partition coefficient (Wildman–Crippen LogP) is 3.26. The topological polar surface area (TPSA) is 50.7 Å². The van der Waals surface area contributed by atoms with Gasteiger partial charge in [-0.3, -0.25) is 0 Å². The van der Waals surface area contributed by atoms with E-state index >= 15 is 0 Å². The van der Waals surface area contributed by atoms with E-state index < -0.39 is 0 Å². The summed E-state index contributed by atoms with van der Waals surface area (Å²) in [6, 6.07) is 13.5. The molecule has 1 atom stereocenters. The van der Waals surface area contributed by atoms with E-state index in [9.17, 15) is 5.11 Å². The number of benzene rings is 2. The Labute approximate surface area is 125 Å². The number of methoxy groups -OCH3 is 2. The van der Waals surface area contributed by atoms with Crippen LogP contribution in [-0.2, 0) is 6.54 Å². The number of rotatable bonds is 6. The summed E-state index contributed by atoms with van der Waals surface area (Å²) in [4.78, 5) is 0. The summed E-state index contributed by atoms with van der Waals surface area (Å²) in [5, 5.41) is 13.5. The second kappa shape index (κ2) is 6.99. The Balaban J connectivity index is 2.09. The van der Waals surface area contributed by atoms with Gasteiger partial charge in [0.05, 0.1) is 14.2 Å². The lowest BCUT2D eigenvalue weighted by Crippen LogP contribution is -2.18. The molecule has 2 N–H and O–H groups in total. The fourth-order valence-electron chi connectivity index (χ4n) is 2.27. The van der Waals surface area contributed by atoms with Crippen molar-refractivity contribution >= 4 is 0 Å². The van der Waals surface area contributed by atoms with Crippen LogP contribution in [0.5, 0.6) is 17.2 Å². The number of nitrogens with one attached hydrogen (secondary N) is 1. The first kappa shape index (κ1) is 15.2. The Morgan fingerprint density at radius 2 is 1.67 bits per heavy atom. The summed E-state index contributed by atoms with van der Waals surface area (Å²) in [5.74, 6) is 1.52. The molecule has 0 aromatic heterocycles. The maximum Gasteiger partial charge on any atom is 0.162 e. The van der Waals surface area contributed by atoms with Gasteiger partial charge >= 0.3 is 0 Å². The highest BCUT2D eigenvalue weighted by Crippen LogP contribution is 2.30.